The summed E-state index contributed by atoms with van der Waals surface area (Å²) in [4.78, 5) is 10.8. The van der Waals surface area contributed by atoms with Gasteiger partial charge in [0.05, 0.1) is 0 Å². The minimum atomic E-state index is -1.14. The standard InChI is InChI=1S/C8H12O4/c9-5-1-3-7(11)8(12)4-2-6-10/h7,9-11H,1,3,5-6H2. The lowest BCUT2D eigenvalue weighted by molar-refractivity contribution is -0.121. The van der Waals surface area contributed by atoms with E-state index in [0.717, 1.165) is 0 Å². The summed E-state index contributed by atoms with van der Waals surface area (Å²) >= 11 is 0. The molecule has 0 aromatic rings. The summed E-state index contributed by atoms with van der Waals surface area (Å²) in [5.41, 5.74) is 0. The van der Waals surface area contributed by atoms with E-state index >= 15 is 0 Å². The van der Waals surface area contributed by atoms with Crippen LogP contribution in [0.15, 0.2) is 0 Å². The van der Waals surface area contributed by atoms with E-state index < -0.39 is 18.5 Å². The van der Waals surface area contributed by atoms with Crippen molar-refractivity contribution in [3.8, 4) is 11.8 Å². The maximum absolute atomic E-state index is 10.8. The zero-order valence-corrected chi connectivity index (χ0v) is 6.66. The van der Waals surface area contributed by atoms with Crippen LogP contribution in [0.2, 0.25) is 0 Å². The second-order valence-electron chi connectivity index (χ2n) is 2.21. The lowest BCUT2D eigenvalue weighted by atomic mass is 10.1. The minimum absolute atomic E-state index is 0.0578. The molecule has 1 unspecified atom stereocenters. The largest absolute Gasteiger partial charge is 0.396 e. The lowest BCUT2D eigenvalue weighted by Gasteiger charge is -2.02. The van der Waals surface area contributed by atoms with Gasteiger partial charge >= 0.3 is 0 Å². The molecule has 0 amide bonds. The van der Waals surface area contributed by atoms with Gasteiger partial charge in [-0.2, -0.15) is 0 Å². The fraction of sp³-hybridized carbons (Fsp3) is 0.625. The highest BCUT2D eigenvalue weighted by Gasteiger charge is 2.10. The van der Waals surface area contributed by atoms with Crippen LogP contribution in [0, 0.1) is 11.8 Å². The average Bonchev–Trinajstić information content (AvgIpc) is 2.10. The molecule has 0 aromatic heterocycles. The molecular weight excluding hydrogens is 160 g/mol. The molecule has 4 heteroatoms. The third-order valence-corrected chi connectivity index (χ3v) is 1.23. The molecule has 0 fully saturated rings. The molecule has 0 heterocycles. The number of aliphatic hydroxyl groups excluding tert-OH is 3. The van der Waals surface area contributed by atoms with Crippen molar-refractivity contribution in [1.29, 1.82) is 0 Å². The molecule has 0 aliphatic rings. The van der Waals surface area contributed by atoms with Gasteiger partial charge in [0.15, 0.2) is 0 Å². The molecular formula is C8H12O4. The first-order chi connectivity index (χ1) is 5.72. The van der Waals surface area contributed by atoms with Gasteiger partial charge in [0, 0.05) is 6.61 Å². The second kappa shape index (κ2) is 6.80. The maximum atomic E-state index is 10.8. The predicted octanol–water partition coefficient (Wildman–Crippen LogP) is -1.32. The summed E-state index contributed by atoms with van der Waals surface area (Å²) < 4.78 is 0. The molecule has 3 N–H and O–H groups in total. The third-order valence-electron chi connectivity index (χ3n) is 1.23. The Labute approximate surface area is 70.8 Å². The minimum Gasteiger partial charge on any atom is -0.396 e. The first-order valence-corrected chi connectivity index (χ1v) is 3.65. The molecule has 0 rings (SSSR count). The Kier molecular flexibility index (Phi) is 6.29. The molecule has 0 aliphatic carbocycles. The highest BCUT2D eigenvalue weighted by atomic mass is 16.3. The van der Waals surface area contributed by atoms with Gasteiger partial charge in [0.2, 0.25) is 5.78 Å². The zero-order valence-electron chi connectivity index (χ0n) is 6.66. The first kappa shape index (κ1) is 11.1. The Balaban J connectivity index is 3.76. The van der Waals surface area contributed by atoms with E-state index in [2.05, 4.69) is 11.8 Å². The number of aliphatic hydroxyl groups is 3. The first-order valence-electron chi connectivity index (χ1n) is 3.65. The summed E-state index contributed by atoms with van der Waals surface area (Å²) in [6.07, 6.45) is -0.570. The maximum Gasteiger partial charge on any atom is 0.233 e. The van der Waals surface area contributed by atoms with Gasteiger partial charge in [-0.05, 0) is 18.8 Å². The number of carbonyl (C=O) groups is 1. The van der Waals surface area contributed by atoms with Crippen LogP contribution in [0.1, 0.15) is 12.8 Å². The van der Waals surface area contributed by atoms with E-state index in [1.54, 1.807) is 0 Å². The van der Waals surface area contributed by atoms with Gasteiger partial charge in [-0.3, -0.25) is 4.79 Å². The monoisotopic (exact) mass is 172 g/mol. The molecule has 0 aromatic carbocycles. The molecule has 0 radical (unpaired) electrons. The fourth-order valence-electron chi connectivity index (χ4n) is 0.626. The van der Waals surface area contributed by atoms with Gasteiger partial charge in [-0.1, -0.05) is 5.92 Å². The normalized spacial score (nSPS) is 11.6. The summed E-state index contributed by atoms with van der Waals surface area (Å²) in [6.45, 7) is -0.448. The van der Waals surface area contributed by atoms with E-state index in [-0.39, 0.29) is 13.0 Å². The van der Waals surface area contributed by atoms with Crippen molar-refractivity contribution >= 4 is 5.78 Å². The number of Topliss-reactive ketones (excluding diaryl/α,β-unsaturated/α-hetero) is 1. The topological polar surface area (TPSA) is 77.8 Å². The third kappa shape index (κ3) is 4.85. The molecule has 4 nitrogen and oxygen atoms in total. The van der Waals surface area contributed by atoms with Crippen LogP contribution < -0.4 is 0 Å². The van der Waals surface area contributed by atoms with Gasteiger partial charge in [-0.15, -0.1) is 0 Å². The van der Waals surface area contributed by atoms with Gasteiger partial charge < -0.3 is 15.3 Å². The smallest absolute Gasteiger partial charge is 0.233 e. The fourth-order valence-corrected chi connectivity index (χ4v) is 0.626. The van der Waals surface area contributed by atoms with E-state index in [9.17, 15) is 4.79 Å². The second-order valence-corrected chi connectivity index (χ2v) is 2.21. The Morgan fingerprint density at radius 3 is 2.58 bits per heavy atom. The molecule has 0 spiro atoms. The van der Waals surface area contributed by atoms with Gasteiger partial charge in [-0.25, -0.2) is 0 Å². The number of hydrogen-bond donors (Lipinski definition) is 3. The predicted molar refractivity (Wildman–Crippen MR) is 42.2 cm³/mol. The lowest BCUT2D eigenvalue weighted by Crippen LogP contribution is -2.18. The number of carbonyl (C=O) groups excluding carboxylic acids is 1. The average molecular weight is 172 g/mol. The Morgan fingerprint density at radius 2 is 2.08 bits per heavy atom. The van der Waals surface area contributed by atoms with Crippen molar-refractivity contribution in [3.05, 3.63) is 0 Å². The van der Waals surface area contributed by atoms with E-state index in [4.69, 9.17) is 15.3 Å². The van der Waals surface area contributed by atoms with Crippen molar-refractivity contribution in [2.45, 2.75) is 18.9 Å². The number of rotatable bonds is 4. The van der Waals surface area contributed by atoms with Crippen LogP contribution in [0.3, 0.4) is 0 Å². The molecule has 0 saturated heterocycles. The molecule has 68 valence electrons. The van der Waals surface area contributed by atoms with Gasteiger partial charge in [0.25, 0.3) is 0 Å². The van der Waals surface area contributed by atoms with Gasteiger partial charge in [0.1, 0.15) is 12.7 Å². The molecule has 12 heavy (non-hydrogen) atoms. The van der Waals surface area contributed by atoms with Crippen molar-refractivity contribution in [1.82, 2.24) is 0 Å². The molecule has 0 aliphatic heterocycles. The number of ketones is 1. The molecule has 1 atom stereocenters. The Hall–Kier alpha value is -0.890. The van der Waals surface area contributed by atoms with Crippen LogP contribution in [0.25, 0.3) is 0 Å². The van der Waals surface area contributed by atoms with Crippen molar-refractivity contribution in [2.75, 3.05) is 13.2 Å². The molecule has 0 saturated carbocycles. The van der Waals surface area contributed by atoms with Crippen molar-refractivity contribution in [3.63, 3.8) is 0 Å². The van der Waals surface area contributed by atoms with E-state index in [1.165, 1.54) is 0 Å². The summed E-state index contributed by atoms with van der Waals surface area (Å²) in [7, 11) is 0. The van der Waals surface area contributed by atoms with E-state index in [1.807, 2.05) is 0 Å². The highest BCUT2D eigenvalue weighted by molar-refractivity contribution is 5.98. The van der Waals surface area contributed by atoms with Crippen LogP contribution in [-0.4, -0.2) is 40.4 Å². The van der Waals surface area contributed by atoms with Crippen molar-refractivity contribution in [2.24, 2.45) is 0 Å². The quantitative estimate of drug-likeness (QED) is 0.363. The molecule has 0 bridgehead atoms. The Bertz CT molecular complexity index is 189. The summed E-state index contributed by atoms with van der Waals surface area (Å²) in [6, 6.07) is 0. The number of hydrogen-bond acceptors (Lipinski definition) is 4. The van der Waals surface area contributed by atoms with Crippen molar-refractivity contribution < 1.29 is 20.1 Å². The highest BCUT2D eigenvalue weighted by Crippen LogP contribution is 1.96. The summed E-state index contributed by atoms with van der Waals surface area (Å²) in [5, 5.41) is 25.6. The van der Waals surface area contributed by atoms with Crippen LogP contribution in [0.5, 0.6) is 0 Å². The van der Waals surface area contributed by atoms with Crippen LogP contribution >= 0.6 is 0 Å². The van der Waals surface area contributed by atoms with Crippen LogP contribution in [-0.2, 0) is 4.79 Å². The summed E-state index contributed by atoms with van der Waals surface area (Å²) in [5.74, 6) is 3.60. The Morgan fingerprint density at radius 1 is 1.42 bits per heavy atom. The zero-order chi connectivity index (χ0) is 9.40. The SMILES string of the molecule is O=C(C#CCO)C(O)CCCO. The van der Waals surface area contributed by atoms with E-state index in [0.29, 0.717) is 6.42 Å². The van der Waals surface area contributed by atoms with Crippen LogP contribution in [0.4, 0.5) is 0 Å².